The summed E-state index contributed by atoms with van der Waals surface area (Å²) in [6.45, 7) is 7.96. The van der Waals surface area contributed by atoms with E-state index in [-0.39, 0.29) is 18.0 Å². The predicted molar refractivity (Wildman–Crippen MR) is 147 cm³/mol. The van der Waals surface area contributed by atoms with Gasteiger partial charge in [0.2, 0.25) is 0 Å². The van der Waals surface area contributed by atoms with Crippen LogP contribution in [0.4, 0.5) is 9.52 Å². The van der Waals surface area contributed by atoms with Gasteiger partial charge in [0, 0.05) is 64.6 Å². The highest BCUT2D eigenvalue weighted by molar-refractivity contribution is 7.91. The van der Waals surface area contributed by atoms with Gasteiger partial charge in [-0.3, -0.25) is 4.90 Å². The number of nitrogens with zero attached hydrogens (tertiary/aromatic N) is 6. The minimum atomic E-state index is -3.61. The highest BCUT2D eigenvalue weighted by Crippen LogP contribution is 2.31. The number of nitrogens with one attached hydrogen (secondary N) is 1. The second kappa shape index (κ2) is 11.2. The van der Waals surface area contributed by atoms with Crippen molar-refractivity contribution < 1.29 is 17.5 Å². The number of hydrogen-bond acceptors (Lipinski definition) is 9. The fraction of sp³-hybridized carbons (Fsp3) is 0.538. The molecule has 1 aromatic carbocycles. The van der Waals surface area contributed by atoms with Crippen molar-refractivity contribution in [1.82, 2.24) is 29.1 Å². The van der Waals surface area contributed by atoms with Crippen LogP contribution in [0.25, 0.3) is 0 Å². The summed E-state index contributed by atoms with van der Waals surface area (Å²) in [4.78, 5) is 13.2. The monoisotopic (exact) mass is 575 g/mol. The number of rotatable bonds is 7. The van der Waals surface area contributed by atoms with Crippen LogP contribution in [0.2, 0.25) is 0 Å². The number of anilines is 1. The smallest absolute Gasteiger partial charge is 0.254 e. The fourth-order valence-corrected chi connectivity index (χ4v) is 8.38. The quantitative estimate of drug-likeness (QED) is 0.458. The Hall–Kier alpha value is -2.42. The van der Waals surface area contributed by atoms with Crippen LogP contribution in [0.5, 0.6) is 0 Å². The molecule has 0 amide bonds. The van der Waals surface area contributed by atoms with Crippen LogP contribution in [-0.2, 0) is 21.3 Å². The van der Waals surface area contributed by atoms with Gasteiger partial charge in [-0.15, -0.1) is 0 Å². The molecule has 1 N–H and O–H groups in total. The molecule has 3 aromatic rings. The Balaban J connectivity index is 1.06. The number of thiazole rings is 1. The van der Waals surface area contributed by atoms with Gasteiger partial charge in [-0.2, -0.15) is 4.31 Å². The number of aromatic nitrogens is 3. The minimum Gasteiger partial charge on any atom is -0.373 e. The summed E-state index contributed by atoms with van der Waals surface area (Å²) >= 11 is 1.25. The van der Waals surface area contributed by atoms with Crippen molar-refractivity contribution in [2.45, 2.75) is 42.3 Å². The van der Waals surface area contributed by atoms with Gasteiger partial charge in [-0.05, 0) is 31.0 Å². The summed E-state index contributed by atoms with van der Waals surface area (Å²) in [5, 5.41) is 4.25. The number of morpholine rings is 1. The van der Waals surface area contributed by atoms with Crippen molar-refractivity contribution in [1.29, 1.82) is 0 Å². The lowest BCUT2D eigenvalue weighted by molar-refractivity contribution is -0.00903. The molecule has 6 rings (SSSR count). The Bertz CT molecular complexity index is 1370. The molecule has 0 bridgehead atoms. The maximum atomic E-state index is 13.4. The highest BCUT2D eigenvalue weighted by Gasteiger charge is 2.35. The van der Waals surface area contributed by atoms with Gasteiger partial charge < -0.3 is 19.5 Å². The first kappa shape index (κ1) is 26.8. The maximum Gasteiger partial charge on any atom is 0.254 e. The molecule has 0 spiro atoms. The van der Waals surface area contributed by atoms with Crippen molar-refractivity contribution in [2.24, 2.45) is 0 Å². The number of ether oxygens (including phenoxy) is 1. The topological polar surface area (TPSA) is 95.8 Å². The van der Waals surface area contributed by atoms with E-state index in [4.69, 9.17) is 4.74 Å². The van der Waals surface area contributed by atoms with E-state index in [0.29, 0.717) is 49.6 Å². The number of benzene rings is 1. The Morgan fingerprint density at radius 1 is 1.15 bits per heavy atom. The molecule has 5 heterocycles. The zero-order chi connectivity index (χ0) is 27.0. The summed E-state index contributed by atoms with van der Waals surface area (Å²) in [5.41, 5.74) is 2.04. The summed E-state index contributed by atoms with van der Waals surface area (Å²) < 4.78 is 50.1. The summed E-state index contributed by atoms with van der Waals surface area (Å²) in [7, 11) is -3.61. The van der Waals surface area contributed by atoms with E-state index in [1.54, 1.807) is 22.8 Å². The molecule has 3 atom stereocenters. The Morgan fingerprint density at radius 2 is 1.95 bits per heavy atom. The maximum absolute atomic E-state index is 13.4. The van der Waals surface area contributed by atoms with Gasteiger partial charge in [0.05, 0.1) is 37.0 Å². The molecular formula is C26H34FN7O3S2. The molecule has 13 heteroatoms. The summed E-state index contributed by atoms with van der Waals surface area (Å²) in [5.74, 6) is -0.254. The number of hydrogen-bond donors (Lipinski definition) is 1. The van der Waals surface area contributed by atoms with Crippen molar-refractivity contribution in [3.05, 3.63) is 60.1 Å². The summed E-state index contributed by atoms with van der Waals surface area (Å²) in [6, 6.07) is 6.90. The van der Waals surface area contributed by atoms with Crippen LogP contribution in [0, 0.1) is 5.82 Å². The molecule has 3 aliphatic rings. The van der Waals surface area contributed by atoms with E-state index in [1.807, 2.05) is 6.20 Å². The molecule has 0 unspecified atom stereocenters. The summed E-state index contributed by atoms with van der Waals surface area (Å²) in [6.07, 6.45) is 6.21. The normalized spacial score (nSPS) is 24.0. The van der Waals surface area contributed by atoms with Gasteiger partial charge in [0.15, 0.2) is 9.34 Å². The van der Waals surface area contributed by atoms with Crippen LogP contribution in [-0.4, -0.2) is 96.7 Å². The lowest BCUT2D eigenvalue weighted by Gasteiger charge is -2.41. The molecule has 39 heavy (non-hydrogen) atoms. The molecule has 3 saturated heterocycles. The van der Waals surface area contributed by atoms with Gasteiger partial charge >= 0.3 is 0 Å². The van der Waals surface area contributed by atoms with E-state index < -0.39 is 10.0 Å². The van der Waals surface area contributed by atoms with Crippen LogP contribution >= 0.6 is 11.3 Å². The number of fused-ring (bicyclic) bond motifs is 1. The van der Waals surface area contributed by atoms with Crippen LogP contribution in [0.3, 0.4) is 0 Å². The van der Waals surface area contributed by atoms with Crippen molar-refractivity contribution in [2.75, 3.05) is 57.3 Å². The zero-order valence-corrected chi connectivity index (χ0v) is 23.6. The molecule has 10 nitrogen and oxygen atoms in total. The number of imidazole rings is 1. The average molecular weight is 576 g/mol. The fourth-order valence-electron chi connectivity index (χ4n) is 5.65. The molecule has 3 aliphatic heterocycles. The molecule has 210 valence electrons. The zero-order valence-electron chi connectivity index (χ0n) is 21.9. The van der Waals surface area contributed by atoms with E-state index in [1.165, 1.54) is 29.7 Å². The first-order valence-electron chi connectivity index (χ1n) is 13.4. The van der Waals surface area contributed by atoms with Gasteiger partial charge in [-0.25, -0.2) is 22.8 Å². The average Bonchev–Trinajstić information content (AvgIpc) is 3.64. The highest BCUT2D eigenvalue weighted by atomic mass is 32.2. The number of sulfonamides is 1. The predicted octanol–water partition coefficient (Wildman–Crippen LogP) is 2.16. The van der Waals surface area contributed by atoms with E-state index in [9.17, 15) is 12.8 Å². The third kappa shape index (κ3) is 5.61. The number of piperazine rings is 1. The first-order valence-corrected chi connectivity index (χ1v) is 15.7. The third-order valence-electron chi connectivity index (χ3n) is 7.97. The SMILES string of the molecule is C[C@H](c1ccc(F)cc1)n1cncc1CN1CCN(S(=O)(=O)c2cnc(N3CC[C@@H]4NCCO[C@H]4C3)s2)CC1. The van der Waals surface area contributed by atoms with Gasteiger partial charge in [-0.1, -0.05) is 23.5 Å². The molecule has 3 fully saturated rings. The Labute approximate surface area is 232 Å². The molecular weight excluding hydrogens is 541 g/mol. The van der Waals surface area contributed by atoms with Crippen LogP contribution in [0.15, 0.2) is 47.2 Å². The van der Waals surface area contributed by atoms with Crippen molar-refractivity contribution >= 4 is 26.5 Å². The standard InChI is InChI=1S/C26H34FN7O3S2/c1-19(20-2-4-21(27)5-3-20)34-18-28-14-22(34)16-31-9-11-33(12-10-31)39(35,36)25-15-30-26(38-25)32-8-6-23-24(17-32)37-13-7-29-23/h2-5,14-15,18-19,23-24,29H,6-13,16-17H2,1H3/t19-,23+,24+/m1/s1. The number of halogens is 1. The molecule has 0 radical (unpaired) electrons. The van der Waals surface area contributed by atoms with E-state index in [2.05, 4.69) is 36.6 Å². The molecule has 0 aliphatic carbocycles. The largest absolute Gasteiger partial charge is 0.373 e. The Morgan fingerprint density at radius 3 is 2.74 bits per heavy atom. The van der Waals surface area contributed by atoms with E-state index >= 15 is 0 Å². The molecule has 0 saturated carbocycles. The van der Waals surface area contributed by atoms with Crippen molar-refractivity contribution in [3.8, 4) is 0 Å². The third-order valence-corrected chi connectivity index (χ3v) is 11.4. The lowest BCUT2D eigenvalue weighted by atomic mass is 10.0. The van der Waals surface area contributed by atoms with E-state index in [0.717, 1.165) is 42.4 Å². The van der Waals surface area contributed by atoms with Crippen LogP contribution < -0.4 is 10.2 Å². The van der Waals surface area contributed by atoms with Gasteiger partial charge in [0.25, 0.3) is 10.0 Å². The second-order valence-electron chi connectivity index (χ2n) is 10.4. The number of piperidine rings is 1. The van der Waals surface area contributed by atoms with Gasteiger partial charge in [0.1, 0.15) is 5.82 Å². The second-order valence-corrected chi connectivity index (χ2v) is 13.5. The Kier molecular flexibility index (Phi) is 7.71. The first-order chi connectivity index (χ1) is 18.9. The molecule has 2 aromatic heterocycles. The minimum absolute atomic E-state index is 0.0111. The van der Waals surface area contributed by atoms with Crippen molar-refractivity contribution in [3.63, 3.8) is 0 Å². The van der Waals surface area contributed by atoms with Crippen LogP contribution in [0.1, 0.15) is 30.6 Å². The lowest BCUT2D eigenvalue weighted by Crippen LogP contribution is -2.57.